The first-order chi connectivity index (χ1) is 16.9. The number of aromatic nitrogens is 5. The van der Waals surface area contributed by atoms with E-state index in [-0.39, 0.29) is 29.5 Å². The fraction of sp³-hybridized carbons (Fsp3) is 0.217. The number of ether oxygens (including phenoxy) is 2. The number of benzene rings is 2. The molecule has 1 aliphatic heterocycles. The number of nitrogen functional groups attached to an aromatic ring is 1. The van der Waals surface area contributed by atoms with Crippen LogP contribution in [0.2, 0.25) is 0 Å². The van der Waals surface area contributed by atoms with Crippen LogP contribution < -0.4 is 26.2 Å². The Balaban J connectivity index is 1.26. The zero-order chi connectivity index (χ0) is 24.5. The van der Waals surface area contributed by atoms with Crippen LogP contribution in [0.3, 0.4) is 0 Å². The van der Waals surface area contributed by atoms with Crippen molar-refractivity contribution in [3.05, 3.63) is 76.5 Å². The van der Waals surface area contributed by atoms with Crippen molar-refractivity contribution >= 4 is 23.4 Å². The Morgan fingerprint density at radius 1 is 1.14 bits per heavy atom. The number of amides is 1. The normalized spacial score (nSPS) is 14.6. The molecule has 35 heavy (non-hydrogen) atoms. The molecule has 0 saturated carbocycles. The molecule has 3 N–H and O–H groups in total. The lowest BCUT2D eigenvalue weighted by Gasteiger charge is -2.25. The minimum Gasteiger partial charge on any atom is -0.485 e. The summed E-state index contributed by atoms with van der Waals surface area (Å²) < 4.78 is 16.2. The third kappa shape index (κ3) is 4.23. The number of hydrogen-bond donors (Lipinski definition) is 2. The van der Waals surface area contributed by atoms with Crippen LogP contribution >= 0.6 is 11.8 Å². The number of carbonyl (C=O) groups is 1. The van der Waals surface area contributed by atoms with Crippen LogP contribution in [-0.4, -0.2) is 42.5 Å². The van der Waals surface area contributed by atoms with Gasteiger partial charge in [0.15, 0.2) is 23.4 Å². The number of thioether (sulfide) groups is 1. The first-order valence-corrected chi connectivity index (χ1v) is 11.8. The van der Waals surface area contributed by atoms with Crippen molar-refractivity contribution in [2.45, 2.75) is 18.2 Å². The van der Waals surface area contributed by atoms with Crippen molar-refractivity contribution in [3.8, 4) is 17.2 Å². The van der Waals surface area contributed by atoms with Crippen LogP contribution in [-0.2, 0) is 11.8 Å². The summed E-state index contributed by atoms with van der Waals surface area (Å²) >= 11 is 1.10. The van der Waals surface area contributed by atoms with Gasteiger partial charge >= 0.3 is 0 Å². The molecule has 1 aliphatic rings. The van der Waals surface area contributed by atoms with Gasteiger partial charge in [0.05, 0.1) is 17.1 Å². The quantitative estimate of drug-likeness (QED) is 0.308. The summed E-state index contributed by atoms with van der Waals surface area (Å²) in [7, 11) is 1.77. The first kappa shape index (κ1) is 22.6. The Morgan fingerprint density at radius 3 is 2.63 bits per heavy atom. The van der Waals surface area contributed by atoms with Crippen LogP contribution in [0, 0.1) is 6.92 Å². The molecule has 0 spiro atoms. The highest BCUT2D eigenvalue weighted by molar-refractivity contribution is 7.99. The molecular weight excluding hydrogens is 470 g/mol. The number of fused-ring (bicyclic) bond motifs is 1. The molecule has 5 rings (SSSR count). The summed E-state index contributed by atoms with van der Waals surface area (Å²) in [6.45, 7) is 2.01. The van der Waals surface area contributed by atoms with E-state index < -0.39 is 6.10 Å². The highest BCUT2D eigenvalue weighted by Gasteiger charge is 2.28. The summed E-state index contributed by atoms with van der Waals surface area (Å²) in [6, 6.07) is 16.6. The zero-order valence-corrected chi connectivity index (χ0v) is 19.9. The molecular formula is C23H23N7O4S. The number of rotatable bonds is 6. The second-order valence-corrected chi connectivity index (χ2v) is 8.79. The summed E-state index contributed by atoms with van der Waals surface area (Å²) in [4.78, 5) is 25.7. The fourth-order valence-corrected chi connectivity index (χ4v) is 4.43. The minimum atomic E-state index is -0.533. The van der Waals surface area contributed by atoms with E-state index in [4.69, 9.17) is 15.3 Å². The van der Waals surface area contributed by atoms with E-state index in [2.05, 4.69) is 15.5 Å². The molecule has 12 heteroatoms. The van der Waals surface area contributed by atoms with E-state index >= 15 is 0 Å². The number of hydrogen-bond acceptors (Lipinski definition) is 8. The average molecular weight is 494 g/mol. The predicted octanol–water partition coefficient (Wildman–Crippen LogP) is 2.03. The molecule has 0 bridgehead atoms. The number of carbonyl (C=O) groups excluding carboxylic acids is 1. The first-order valence-electron chi connectivity index (χ1n) is 10.8. The lowest BCUT2D eigenvalue weighted by atomic mass is 10.2. The van der Waals surface area contributed by atoms with Gasteiger partial charge in [0.25, 0.3) is 5.56 Å². The molecule has 0 unspecified atom stereocenters. The van der Waals surface area contributed by atoms with Gasteiger partial charge in [0.2, 0.25) is 11.1 Å². The molecule has 2 aromatic heterocycles. The maximum Gasteiger partial charge on any atom is 0.295 e. The maximum atomic E-state index is 13.0. The molecule has 2 aromatic carbocycles. The van der Waals surface area contributed by atoms with Gasteiger partial charge in [-0.2, -0.15) is 0 Å². The molecule has 4 aromatic rings. The van der Waals surface area contributed by atoms with E-state index in [9.17, 15) is 9.59 Å². The van der Waals surface area contributed by atoms with Gasteiger partial charge in [-0.1, -0.05) is 42.1 Å². The molecule has 3 heterocycles. The number of para-hydroxylation sites is 3. The van der Waals surface area contributed by atoms with Gasteiger partial charge in [-0.25, -0.2) is 9.36 Å². The number of nitrogens with zero attached hydrogens (tertiary/aromatic N) is 5. The predicted molar refractivity (Wildman–Crippen MR) is 131 cm³/mol. The largest absolute Gasteiger partial charge is 0.485 e. The number of nitrogens with one attached hydrogen (secondary N) is 1. The Kier molecular flexibility index (Phi) is 5.95. The van der Waals surface area contributed by atoms with Gasteiger partial charge in [0.1, 0.15) is 12.3 Å². The van der Waals surface area contributed by atoms with Crippen molar-refractivity contribution in [1.82, 2.24) is 24.2 Å². The second-order valence-electron chi connectivity index (χ2n) is 7.85. The Bertz CT molecular complexity index is 1440. The maximum absolute atomic E-state index is 13.0. The average Bonchev–Trinajstić information content (AvgIpc) is 3.34. The summed E-state index contributed by atoms with van der Waals surface area (Å²) in [6.07, 6.45) is -0.533. The third-order valence-electron chi connectivity index (χ3n) is 5.64. The SMILES string of the molecule is Cc1c(NC(=O)CSc2nnc([C@H]3COc4ccccc4O3)n2N)c(=O)n(-c2ccccc2)n1C. The van der Waals surface area contributed by atoms with Gasteiger partial charge in [0, 0.05) is 7.05 Å². The lowest BCUT2D eigenvalue weighted by Crippen LogP contribution is -2.27. The molecule has 1 atom stereocenters. The second kappa shape index (κ2) is 9.22. The standard InChI is InChI=1S/C23H23N7O4S/c1-14-20(22(32)30(28(14)2)15-8-4-3-5-9-15)25-19(31)13-35-23-27-26-21(29(23)24)18-12-33-16-10-6-7-11-17(16)34-18/h3-11,18H,12-13,24H2,1-2H3,(H,25,31)/t18-/m1/s1. The zero-order valence-electron chi connectivity index (χ0n) is 19.0. The van der Waals surface area contributed by atoms with Crippen molar-refractivity contribution in [2.75, 3.05) is 23.5 Å². The Hall–Kier alpha value is -4.19. The smallest absolute Gasteiger partial charge is 0.295 e. The summed E-state index contributed by atoms with van der Waals surface area (Å²) in [5.41, 5.74) is 1.26. The molecule has 180 valence electrons. The highest BCUT2D eigenvalue weighted by Crippen LogP contribution is 2.35. The van der Waals surface area contributed by atoms with Gasteiger partial charge in [-0.05, 0) is 31.2 Å². The van der Waals surface area contributed by atoms with Crippen LogP contribution in [0.15, 0.2) is 64.5 Å². The van der Waals surface area contributed by atoms with E-state index in [1.165, 1.54) is 9.36 Å². The highest BCUT2D eigenvalue weighted by atomic mass is 32.2. The molecule has 0 radical (unpaired) electrons. The molecule has 0 fully saturated rings. The van der Waals surface area contributed by atoms with Crippen molar-refractivity contribution in [2.24, 2.45) is 7.05 Å². The van der Waals surface area contributed by atoms with E-state index in [0.717, 1.165) is 11.8 Å². The van der Waals surface area contributed by atoms with Crippen LogP contribution in [0.4, 0.5) is 5.69 Å². The topological polar surface area (TPSA) is 131 Å². The van der Waals surface area contributed by atoms with E-state index in [1.54, 1.807) is 24.7 Å². The summed E-state index contributed by atoms with van der Waals surface area (Å²) in [5.74, 6) is 7.43. The van der Waals surface area contributed by atoms with E-state index in [0.29, 0.717) is 33.9 Å². The monoisotopic (exact) mass is 493 g/mol. The fourth-order valence-electron chi connectivity index (χ4n) is 3.77. The summed E-state index contributed by atoms with van der Waals surface area (Å²) in [5, 5.41) is 11.3. The molecule has 0 aliphatic carbocycles. The molecule has 0 saturated heterocycles. The van der Waals surface area contributed by atoms with Crippen molar-refractivity contribution in [3.63, 3.8) is 0 Å². The number of nitrogens with two attached hydrogens (primary N) is 1. The van der Waals surface area contributed by atoms with Crippen LogP contribution in [0.5, 0.6) is 11.5 Å². The minimum absolute atomic E-state index is 0.0146. The Labute approximate surface area is 204 Å². The lowest BCUT2D eigenvalue weighted by molar-refractivity contribution is -0.113. The molecule has 11 nitrogen and oxygen atoms in total. The number of anilines is 1. The van der Waals surface area contributed by atoms with Gasteiger partial charge in [-0.3, -0.25) is 14.3 Å². The van der Waals surface area contributed by atoms with Crippen LogP contribution in [0.1, 0.15) is 17.6 Å². The van der Waals surface area contributed by atoms with Gasteiger partial charge < -0.3 is 20.6 Å². The van der Waals surface area contributed by atoms with Gasteiger partial charge in [-0.15, -0.1) is 10.2 Å². The van der Waals surface area contributed by atoms with Crippen molar-refractivity contribution < 1.29 is 14.3 Å². The van der Waals surface area contributed by atoms with Crippen LogP contribution in [0.25, 0.3) is 5.69 Å². The molecule has 1 amide bonds. The third-order valence-corrected chi connectivity index (χ3v) is 6.58. The van der Waals surface area contributed by atoms with Crippen molar-refractivity contribution in [1.29, 1.82) is 0 Å². The van der Waals surface area contributed by atoms with E-state index in [1.807, 2.05) is 48.5 Å². The Morgan fingerprint density at radius 2 is 1.86 bits per heavy atom.